The highest BCUT2D eigenvalue weighted by Crippen LogP contribution is 2.23. The maximum atomic E-state index is 11.5. The van der Waals surface area contributed by atoms with E-state index in [9.17, 15) is 4.79 Å². The third-order valence-electron chi connectivity index (χ3n) is 3.51. The summed E-state index contributed by atoms with van der Waals surface area (Å²) in [6.45, 7) is 0.326. The summed E-state index contributed by atoms with van der Waals surface area (Å²) in [4.78, 5) is 11.5. The minimum Gasteiger partial charge on any atom is -0.496 e. The smallest absolute Gasteiger partial charge is 0.322 e. The number of hydrogen-bond acceptors (Lipinski definition) is 5. The predicted molar refractivity (Wildman–Crippen MR) is 92.5 cm³/mol. The summed E-state index contributed by atoms with van der Waals surface area (Å²) >= 11 is 5.86. The Labute approximate surface area is 146 Å². The molecule has 2 aromatic rings. The van der Waals surface area contributed by atoms with Gasteiger partial charge in [0.25, 0.3) is 0 Å². The average Bonchev–Trinajstić information content (AvgIpc) is 2.60. The summed E-state index contributed by atoms with van der Waals surface area (Å²) in [5.41, 5.74) is 7.58. The van der Waals surface area contributed by atoms with Gasteiger partial charge in [0.1, 0.15) is 24.1 Å². The number of ether oxygens (including phenoxy) is 3. The SMILES string of the molecule is COC(=O)C(N)Cc1ccc(OC)c(COc2ccc(Cl)cc2)c1. The molecule has 1 unspecified atom stereocenters. The summed E-state index contributed by atoms with van der Waals surface area (Å²) in [6.07, 6.45) is 0.380. The highest BCUT2D eigenvalue weighted by atomic mass is 35.5. The number of hydrogen-bond donors (Lipinski definition) is 1. The van der Waals surface area contributed by atoms with Gasteiger partial charge in [0, 0.05) is 10.6 Å². The van der Waals surface area contributed by atoms with Crippen LogP contribution in [0.3, 0.4) is 0 Å². The zero-order chi connectivity index (χ0) is 17.5. The first-order valence-corrected chi connectivity index (χ1v) is 7.79. The third-order valence-corrected chi connectivity index (χ3v) is 3.76. The third kappa shape index (κ3) is 4.88. The van der Waals surface area contributed by atoms with Crippen molar-refractivity contribution in [3.63, 3.8) is 0 Å². The molecule has 2 rings (SSSR count). The molecule has 1 atom stereocenters. The van der Waals surface area contributed by atoms with E-state index in [1.807, 2.05) is 18.2 Å². The van der Waals surface area contributed by atoms with Crippen LogP contribution in [0.5, 0.6) is 11.5 Å². The van der Waals surface area contributed by atoms with Gasteiger partial charge in [0.2, 0.25) is 0 Å². The van der Waals surface area contributed by atoms with Crippen LogP contribution in [0.15, 0.2) is 42.5 Å². The van der Waals surface area contributed by atoms with Gasteiger partial charge in [-0.1, -0.05) is 17.7 Å². The van der Waals surface area contributed by atoms with E-state index in [1.165, 1.54) is 7.11 Å². The van der Waals surface area contributed by atoms with Crippen LogP contribution in [0.2, 0.25) is 5.02 Å². The number of methoxy groups -OCH3 is 2. The molecule has 24 heavy (non-hydrogen) atoms. The maximum Gasteiger partial charge on any atom is 0.322 e. The monoisotopic (exact) mass is 349 g/mol. The van der Waals surface area contributed by atoms with Crippen molar-refractivity contribution in [2.75, 3.05) is 14.2 Å². The summed E-state index contributed by atoms with van der Waals surface area (Å²) in [5.74, 6) is 0.974. The van der Waals surface area contributed by atoms with Crippen LogP contribution in [0, 0.1) is 0 Å². The van der Waals surface area contributed by atoms with E-state index in [0.29, 0.717) is 29.5 Å². The van der Waals surface area contributed by atoms with Gasteiger partial charge < -0.3 is 19.9 Å². The van der Waals surface area contributed by atoms with Crippen molar-refractivity contribution < 1.29 is 19.0 Å². The van der Waals surface area contributed by atoms with Crippen molar-refractivity contribution in [2.24, 2.45) is 5.73 Å². The lowest BCUT2D eigenvalue weighted by Gasteiger charge is -2.14. The Hall–Kier alpha value is -2.24. The lowest BCUT2D eigenvalue weighted by molar-refractivity contribution is -0.142. The minimum absolute atomic E-state index is 0.326. The Morgan fingerprint density at radius 3 is 2.50 bits per heavy atom. The lowest BCUT2D eigenvalue weighted by Crippen LogP contribution is -2.33. The maximum absolute atomic E-state index is 11.5. The van der Waals surface area contributed by atoms with Crippen LogP contribution in [0.25, 0.3) is 0 Å². The molecule has 128 valence electrons. The van der Waals surface area contributed by atoms with Gasteiger partial charge in [-0.05, 0) is 48.4 Å². The molecule has 0 saturated heterocycles. The van der Waals surface area contributed by atoms with Crippen LogP contribution < -0.4 is 15.2 Å². The topological polar surface area (TPSA) is 70.8 Å². The largest absolute Gasteiger partial charge is 0.496 e. The standard InChI is InChI=1S/C18H20ClNO4/c1-22-17-8-3-12(10-16(20)18(21)23-2)9-13(17)11-24-15-6-4-14(19)5-7-15/h3-9,16H,10-11,20H2,1-2H3. The Kier molecular flexibility index (Phi) is 6.46. The van der Waals surface area contributed by atoms with E-state index in [1.54, 1.807) is 31.4 Å². The number of carbonyl (C=O) groups excluding carboxylic acids is 1. The molecule has 0 amide bonds. The average molecular weight is 350 g/mol. The van der Waals surface area contributed by atoms with Crippen molar-refractivity contribution in [1.29, 1.82) is 0 Å². The summed E-state index contributed by atoms with van der Waals surface area (Å²) in [5, 5.41) is 0.652. The lowest BCUT2D eigenvalue weighted by atomic mass is 10.0. The zero-order valence-corrected chi connectivity index (χ0v) is 14.4. The fourth-order valence-electron chi connectivity index (χ4n) is 2.25. The summed E-state index contributed by atoms with van der Waals surface area (Å²) in [7, 11) is 2.92. The Balaban J connectivity index is 2.10. The second kappa shape index (κ2) is 8.57. The van der Waals surface area contributed by atoms with E-state index in [-0.39, 0.29) is 0 Å². The second-order valence-corrected chi connectivity index (χ2v) is 5.66. The molecule has 0 bridgehead atoms. The van der Waals surface area contributed by atoms with Gasteiger partial charge in [-0.25, -0.2) is 0 Å². The number of nitrogens with two attached hydrogens (primary N) is 1. The number of rotatable bonds is 7. The van der Waals surface area contributed by atoms with E-state index >= 15 is 0 Å². The van der Waals surface area contributed by atoms with Crippen LogP contribution in [0.4, 0.5) is 0 Å². The fourth-order valence-corrected chi connectivity index (χ4v) is 2.38. The molecule has 0 aliphatic heterocycles. The fraction of sp³-hybridized carbons (Fsp3) is 0.278. The number of esters is 1. The zero-order valence-electron chi connectivity index (χ0n) is 13.6. The minimum atomic E-state index is -0.701. The Morgan fingerprint density at radius 2 is 1.88 bits per heavy atom. The molecule has 0 fully saturated rings. The molecule has 0 saturated carbocycles. The molecule has 0 aliphatic rings. The summed E-state index contributed by atoms with van der Waals surface area (Å²) < 4.78 is 15.8. The highest BCUT2D eigenvalue weighted by molar-refractivity contribution is 6.30. The first kappa shape index (κ1) is 18.1. The van der Waals surface area contributed by atoms with Crippen molar-refractivity contribution in [3.8, 4) is 11.5 Å². The molecule has 5 nitrogen and oxygen atoms in total. The normalized spacial score (nSPS) is 11.7. The highest BCUT2D eigenvalue weighted by Gasteiger charge is 2.15. The van der Waals surface area contributed by atoms with Crippen molar-refractivity contribution >= 4 is 17.6 Å². The van der Waals surface area contributed by atoms with Gasteiger partial charge in [-0.15, -0.1) is 0 Å². The Morgan fingerprint density at radius 1 is 1.17 bits per heavy atom. The van der Waals surface area contributed by atoms with Crippen LogP contribution in [-0.4, -0.2) is 26.2 Å². The number of benzene rings is 2. The number of halogens is 1. The van der Waals surface area contributed by atoms with Gasteiger partial charge in [-0.3, -0.25) is 4.79 Å². The van der Waals surface area contributed by atoms with Crippen molar-refractivity contribution in [3.05, 3.63) is 58.6 Å². The first-order chi connectivity index (χ1) is 11.5. The van der Waals surface area contributed by atoms with E-state index in [2.05, 4.69) is 4.74 Å². The van der Waals surface area contributed by atoms with Gasteiger partial charge >= 0.3 is 5.97 Å². The Bertz CT molecular complexity index is 688. The number of carbonyl (C=O) groups is 1. The van der Waals surface area contributed by atoms with Crippen LogP contribution in [-0.2, 0) is 22.6 Å². The van der Waals surface area contributed by atoms with E-state index in [4.69, 9.17) is 26.8 Å². The molecule has 2 N–H and O–H groups in total. The van der Waals surface area contributed by atoms with Crippen molar-refractivity contribution in [1.82, 2.24) is 0 Å². The summed E-state index contributed by atoms with van der Waals surface area (Å²) in [6, 6.07) is 12.0. The van der Waals surface area contributed by atoms with E-state index in [0.717, 1.165) is 11.1 Å². The van der Waals surface area contributed by atoms with Gasteiger partial charge in [-0.2, -0.15) is 0 Å². The molecular formula is C18H20ClNO4. The predicted octanol–water partition coefficient (Wildman–Crippen LogP) is 2.97. The molecule has 2 aromatic carbocycles. The van der Waals surface area contributed by atoms with Gasteiger partial charge in [0.15, 0.2) is 0 Å². The van der Waals surface area contributed by atoms with Gasteiger partial charge in [0.05, 0.1) is 14.2 Å². The molecular weight excluding hydrogens is 330 g/mol. The molecule has 0 spiro atoms. The quantitative estimate of drug-likeness (QED) is 0.778. The van der Waals surface area contributed by atoms with E-state index < -0.39 is 12.0 Å². The second-order valence-electron chi connectivity index (χ2n) is 5.22. The molecule has 0 aromatic heterocycles. The van der Waals surface area contributed by atoms with Crippen LogP contribution in [0.1, 0.15) is 11.1 Å². The molecule has 0 aliphatic carbocycles. The molecule has 0 radical (unpaired) electrons. The van der Waals surface area contributed by atoms with Crippen molar-refractivity contribution in [2.45, 2.75) is 19.1 Å². The molecule has 0 heterocycles. The first-order valence-electron chi connectivity index (χ1n) is 7.41. The molecule has 6 heteroatoms. The van der Waals surface area contributed by atoms with Crippen LogP contribution >= 0.6 is 11.6 Å².